The van der Waals surface area contributed by atoms with Gasteiger partial charge in [0.15, 0.2) is 0 Å². The first-order valence-electron chi connectivity index (χ1n) is 11.7. The Morgan fingerprint density at radius 1 is 1.20 bits per heavy atom. The van der Waals surface area contributed by atoms with Crippen LogP contribution in [0.4, 0.5) is 10.1 Å². The van der Waals surface area contributed by atoms with E-state index in [1.54, 1.807) is 11.0 Å². The molecule has 1 aromatic rings. The molecule has 0 spiro atoms. The molecule has 4 unspecified atom stereocenters. The normalized spacial score (nSPS) is 23.3. The number of para-hydroxylation sites is 1. The molecule has 1 saturated carbocycles. The van der Waals surface area contributed by atoms with Crippen molar-refractivity contribution in [1.29, 1.82) is 0 Å². The van der Waals surface area contributed by atoms with E-state index in [9.17, 15) is 23.6 Å². The zero-order chi connectivity index (χ0) is 24.7. The Morgan fingerprint density at radius 3 is 2.40 bits per heavy atom. The van der Waals surface area contributed by atoms with Gasteiger partial charge >= 0.3 is 63.2 Å². The van der Waals surface area contributed by atoms with Crippen molar-refractivity contribution in [3.63, 3.8) is 0 Å². The Morgan fingerprint density at radius 2 is 1.86 bits per heavy atom. The van der Waals surface area contributed by atoms with Gasteiger partial charge in [0.05, 0.1) is 5.69 Å². The van der Waals surface area contributed by atoms with Crippen LogP contribution in [-0.4, -0.2) is 72.8 Å². The quantitative estimate of drug-likeness (QED) is 0.313. The number of halogens is 1. The number of carbonyl (C=O) groups excluding carboxylic acids is 4. The number of nitrogens with one attached hydrogen (secondary N) is 2. The second kappa shape index (κ2) is 14.5. The van der Waals surface area contributed by atoms with Crippen molar-refractivity contribution >= 4 is 29.2 Å². The molecule has 0 bridgehead atoms. The first-order valence-corrected chi connectivity index (χ1v) is 11.7. The summed E-state index contributed by atoms with van der Waals surface area (Å²) in [5.74, 6) is -1.21. The van der Waals surface area contributed by atoms with Crippen LogP contribution >= 0.6 is 0 Å². The summed E-state index contributed by atoms with van der Waals surface area (Å²) < 4.78 is 13.4. The van der Waals surface area contributed by atoms with E-state index in [0.29, 0.717) is 37.9 Å². The van der Waals surface area contributed by atoms with E-state index in [2.05, 4.69) is 16.0 Å². The van der Waals surface area contributed by atoms with Crippen LogP contribution < -0.4 is 62.0 Å². The van der Waals surface area contributed by atoms with Crippen molar-refractivity contribution < 1.29 is 80.1 Å². The van der Waals surface area contributed by atoms with Crippen molar-refractivity contribution in [2.75, 3.05) is 38.6 Å². The fraction of sp³-hybridized carbons (Fsp3) is 0.583. The van der Waals surface area contributed by atoms with E-state index in [0.717, 1.165) is 19.3 Å². The first kappa shape index (κ1) is 30.0. The fourth-order valence-corrected chi connectivity index (χ4v) is 4.91. The number of fused-ring (bicyclic) bond motifs is 1. The fourth-order valence-electron chi connectivity index (χ4n) is 4.91. The van der Waals surface area contributed by atoms with Gasteiger partial charge in [-0.1, -0.05) is 31.0 Å². The second-order valence-electron chi connectivity index (χ2n) is 9.01. The zero-order valence-corrected chi connectivity index (χ0v) is 23.5. The third-order valence-electron chi connectivity index (χ3n) is 6.84. The number of likely N-dealkylation sites (N-methyl/N-ethyl adjacent to an activating group) is 1. The average Bonchev–Trinajstić information content (AvgIpc) is 3.55. The van der Waals surface area contributed by atoms with Crippen molar-refractivity contribution in [1.82, 2.24) is 10.2 Å². The van der Waals surface area contributed by atoms with Crippen LogP contribution in [-0.2, 0) is 19.2 Å². The van der Waals surface area contributed by atoms with E-state index in [4.69, 9.17) is 5.11 Å². The maximum atomic E-state index is 13.4. The number of likely N-dealkylation sites (tertiary alicyclic amines) is 1. The molecule has 4 rings (SSSR count). The van der Waals surface area contributed by atoms with Gasteiger partial charge in [-0.3, -0.25) is 19.2 Å². The summed E-state index contributed by atoms with van der Waals surface area (Å²) in [7, 11) is 1.53. The van der Waals surface area contributed by atoms with Gasteiger partial charge in [0, 0.05) is 25.6 Å². The number of nitrogens with zero attached hydrogens (tertiary/aromatic N) is 2. The molecule has 9 nitrogen and oxygen atoms in total. The predicted molar refractivity (Wildman–Crippen MR) is 123 cm³/mol. The molecule has 1 aliphatic carbocycles. The summed E-state index contributed by atoms with van der Waals surface area (Å²) in [6.45, 7) is 1.49. The number of Topliss-reactive ketones (excluding diaryl/α,β-unsaturated/α-hetero) is 1. The molecule has 11 heteroatoms. The van der Waals surface area contributed by atoms with Crippen molar-refractivity contribution in [2.24, 2.45) is 17.8 Å². The summed E-state index contributed by atoms with van der Waals surface area (Å²) in [5, 5.41) is 17.6. The molecule has 2 aliphatic heterocycles. The molecule has 35 heavy (non-hydrogen) atoms. The van der Waals surface area contributed by atoms with Gasteiger partial charge < -0.3 is 26.0 Å². The standard InChI is InChI=1S/C15H17FN2O2.C9H15N2O3.K/c16-12-6-1-2-7-13(12)17-14(19)15(20)18-8-10-4-3-5-11(10)9-18;1-10-7(8(13)5-12)4-6-2-3-11-9(6)14;/h1-2,6-7,10-11H,3-5,8-9H2,(H,17,19);6-7,12H,2-5H2,1H3,(H,11,14);/q;-1;+1. The molecular weight excluding hydrogens is 482 g/mol. The molecule has 2 saturated heterocycles. The van der Waals surface area contributed by atoms with Crippen LogP contribution in [0.5, 0.6) is 0 Å². The van der Waals surface area contributed by atoms with E-state index < -0.39 is 30.3 Å². The minimum atomic E-state index is -0.755. The van der Waals surface area contributed by atoms with Crippen LogP contribution in [0.25, 0.3) is 5.32 Å². The smallest absolute Gasteiger partial charge is 0.656 e. The maximum absolute atomic E-state index is 13.4. The summed E-state index contributed by atoms with van der Waals surface area (Å²) in [6.07, 6.45) is 4.68. The molecule has 186 valence electrons. The molecule has 3 amide bonds. The maximum Gasteiger partial charge on any atom is 1.00 e. The third kappa shape index (κ3) is 8.14. The molecular formula is C24H32FKN4O5. The number of carbonyl (C=O) groups is 4. The Hall–Kier alpha value is -1.21. The number of anilines is 1. The van der Waals surface area contributed by atoms with Gasteiger partial charge in [-0.15, -0.1) is 0 Å². The van der Waals surface area contributed by atoms with E-state index in [1.165, 1.54) is 31.7 Å². The summed E-state index contributed by atoms with van der Waals surface area (Å²) in [5.41, 5.74) is 0.0465. The molecule has 3 aliphatic rings. The molecule has 3 fully saturated rings. The third-order valence-corrected chi connectivity index (χ3v) is 6.84. The van der Waals surface area contributed by atoms with Crippen molar-refractivity contribution in [3.05, 3.63) is 35.4 Å². The summed E-state index contributed by atoms with van der Waals surface area (Å²) >= 11 is 0. The number of rotatable bonds is 6. The number of ketones is 1. The number of aliphatic hydroxyl groups is 1. The Balaban J connectivity index is 0.000000256. The molecule has 0 radical (unpaired) electrons. The monoisotopic (exact) mass is 514 g/mol. The minimum absolute atomic E-state index is 0. The molecule has 4 atom stereocenters. The van der Waals surface area contributed by atoms with E-state index >= 15 is 0 Å². The van der Waals surface area contributed by atoms with Gasteiger partial charge in [0.25, 0.3) is 0 Å². The largest absolute Gasteiger partial charge is 1.00 e. The number of amides is 3. The van der Waals surface area contributed by atoms with Gasteiger partial charge in [-0.2, -0.15) is 7.05 Å². The number of hydrogen-bond donors (Lipinski definition) is 3. The van der Waals surface area contributed by atoms with E-state index in [1.807, 2.05) is 0 Å². The van der Waals surface area contributed by atoms with Crippen molar-refractivity contribution in [2.45, 2.75) is 38.1 Å². The average molecular weight is 515 g/mol. The SMILES string of the molecule is C[N-]C(CC1CCNC1=O)C(=O)CO.O=C(Nc1ccccc1F)C(=O)N1CC2CCCC2C1.[K+]. The van der Waals surface area contributed by atoms with E-state index in [-0.39, 0.29) is 74.7 Å². The number of benzene rings is 1. The van der Waals surface area contributed by atoms with Crippen LogP contribution in [0, 0.1) is 23.6 Å². The molecule has 0 aromatic heterocycles. The van der Waals surface area contributed by atoms with Gasteiger partial charge in [0.2, 0.25) is 5.91 Å². The van der Waals surface area contributed by atoms with Gasteiger partial charge in [-0.25, -0.2) is 4.39 Å². The minimum Gasteiger partial charge on any atom is -0.656 e. The second-order valence-corrected chi connectivity index (χ2v) is 9.01. The first-order chi connectivity index (χ1) is 16.3. The molecule has 2 heterocycles. The summed E-state index contributed by atoms with van der Waals surface area (Å²) in [6, 6.07) is 5.31. The van der Waals surface area contributed by atoms with Crippen molar-refractivity contribution in [3.8, 4) is 0 Å². The molecule has 3 N–H and O–H groups in total. The Kier molecular flexibility index (Phi) is 12.4. The summed E-state index contributed by atoms with van der Waals surface area (Å²) in [4.78, 5) is 48.0. The topological polar surface area (TPSA) is 130 Å². The zero-order valence-electron chi connectivity index (χ0n) is 20.3. The van der Waals surface area contributed by atoms with Crippen LogP contribution in [0.15, 0.2) is 24.3 Å². The number of aliphatic hydroxyl groups excluding tert-OH is 1. The van der Waals surface area contributed by atoms with Gasteiger partial charge in [0.1, 0.15) is 18.2 Å². The predicted octanol–water partition coefficient (Wildman–Crippen LogP) is -1.53. The molecule has 1 aromatic carbocycles. The number of hydrogen-bond acceptors (Lipinski definition) is 5. The Labute approximate surface area is 247 Å². The van der Waals surface area contributed by atoms with Gasteiger partial charge in [-0.05, 0) is 43.2 Å². The van der Waals surface area contributed by atoms with Crippen LogP contribution in [0.1, 0.15) is 32.1 Å². The van der Waals surface area contributed by atoms with Crippen LogP contribution in [0.2, 0.25) is 0 Å². The van der Waals surface area contributed by atoms with Crippen LogP contribution in [0.3, 0.4) is 0 Å². The Bertz CT molecular complexity index is 906.